The Morgan fingerprint density at radius 3 is 3.11 bits per heavy atom. The molecule has 0 spiro atoms. The van der Waals surface area contributed by atoms with Gasteiger partial charge in [-0.1, -0.05) is 0 Å². The van der Waals surface area contributed by atoms with Crippen LogP contribution in [-0.2, 0) is 17.8 Å². The first-order chi connectivity index (χ1) is 9.22. The zero-order chi connectivity index (χ0) is 13.2. The van der Waals surface area contributed by atoms with Crippen LogP contribution in [0.15, 0.2) is 29.3 Å². The van der Waals surface area contributed by atoms with Crippen LogP contribution in [0.25, 0.3) is 0 Å². The second-order valence-corrected chi connectivity index (χ2v) is 5.14. The van der Waals surface area contributed by atoms with E-state index in [-0.39, 0.29) is 11.9 Å². The zero-order valence-corrected chi connectivity index (χ0v) is 11.6. The van der Waals surface area contributed by atoms with Crippen LogP contribution in [0.5, 0.6) is 0 Å². The van der Waals surface area contributed by atoms with Crippen LogP contribution in [-0.4, -0.2) is 26.9 Å². The van der Waals surface area contributed by atoms with Gasteiger partial charge in [-0.15, -0.1) is 0 Å². The summed E-state index contributed by atoms with van der Waals surface area (Å²) in [6, 6.07) is 3.33. The number of hydrogen-bond donors (Lipinski definition) is 3. The van der Waals surface area contributed by atoms with Crippen LogP contribution in [0.2, 0.25) is 0 Å². The molecule has 19 heavy (non-hydrogen) atoms. The van der Waals surface area contributed by atoms with E-state index in [9.17, 15) is 4.79 Å². The molecule has 1 unspecified atom stereocenters. The average molecular weight is 322 g/mol. The lowest BCUT2D eigenvalue weighted by Crippen LogP contribution is -2.44. The van der Waals surface area contributed by atoms with Gasteiger partial charge in [0.1, 0.15) is 4.60 Å². The SMILES string of the molecule is O=C(Nc1ccc(Br)nc1)C1Cc2nc[nH]c2CN1. The number of nitrogens with zero attached hydrogens (tertiary/aromatic N) is 2. The van der Waals surface area contributed by atoms with E-state index in [0.717, 1.165) is 16.0 Å². The molecule has 3 N–H and O–H groups in total. The van der Waals surface area contributed by atoms with Gasteiger partial charge in [0.2, 0.25) is 5.91 Å². The number of imidazole rings is 1. The van der Waals surface area contributed by atoms with Crippen molar-refractivity contribution in [3.05, 3.63) is 40.6 Å². The summed E-state index contributed by atoms with van der Waals surface area (Å²) in [7, 11) is 0. The number of rotatable bonds is 2. The highest BCUT2D eigenvalue weighted by molar-refractivity contribution is 9.10. The van der Waals surface area contributed by atoms with Gasteiger partial charge >= 0.3 is 0 Å². The maximum absolute atomic E-state index is 12.1. The van der Waals surface area contributed by atoms with Crippen LogP contribution in [0.1, 0.15) is 11.4 Å². The van der Waals surface area contributed by atoms with Crippen molar-refractivity contribution in [1.29, 1.82) is 0 Å². The van der Waals surface area contributed by atoms with Crippen molar-refractivity contribution in [2.24, 2.45) is 0 Å². The normalized spacial score (nSPS) is 17.8. The van der Waals surface area contributed by atoms with Crippen molar-refractivity contribution >= 4 is 27.5 Å². The lowest BCUT2D eigenvalue weighted by Gasteiger charge is -2.22. The van der Waals surface area contributed by atoms with Crippen LogP contribution in [0.4, 0.5) is 5.69 Å². The Morgan fingerprint density at radius 1 is 1.42 bits per heavy atom. The van der Waals surface area contributed by atoms with Gasteiger partial charge in [-0.2, -0.15) is 0 Å². The lowest BCUT2D eigenvalue weighted by atomic mass is 10.0. The van der Waals surface area contributed by atoms with E-state index >= 15 is 0 Å². The first-order valence-electron chi connectivity index (χ1n) is 5.89. The van der Waals surface area contributed by atoms with Crippen molar-refractivity contribution in [2.45, 2.75) is 19.0 Å². The van der Waals surface area contributed by atoms with Gasteiger partial charge in [0.15, 0.2) is 0 Å². The quantitative estimate of drug-likeness (QED) is 0.726. The standard InChI is InChI=1S/C12H12BrN5O/c13-11-2-1-7(4-15-11)18-12(19)9-3-8-10(5-14-9)17-6-16-8/h1-2,4,6,9,14H,3,5H2,(H,16,17)(H,18,19). The van der Waals surface area contributed by atoms with Gasteiger partial charge in [-0.3, -0.25) is 10.1 Å². The molecule has 1 atom stereocenters. The number of hydrogen-bond acceptors (Lipinski definition) is 4. The molecule has 7 heteroatoms. The minimum Gasteiger partial charge on any atom is -0.347 e. The Kier molecular flexibility index (Phi) is 3.31. The molecular formula is C12H12BrN5O. The summed E-state index contributed by atoms with van der Waals surface area (Å²) in [4.78, 5) is 23.5. The number of carbonyl (C=O) groups is 1. The molecule has 0 fully saturated rings. The first kappa shape index (κ1) is 12.3. The van der Waals surface area contributed by atoms with Crippen LogP contribution in [0, 0.1) is 0 Å². The van der Waals surface area contributed by atoms with Crippen molar-refractivity contribution in [3.8, 4) is 0 Å². The largest absolute Gasteiger partial charge is 0.347 e. The predicted octanol–water partition coefficient (Wildman–Crippen LogP) is 1.22. The summed E-state index contributed by atoms with van der Waals surface area (Å²) in [5.41, 5.74) is 2.69. The number of aromatic nitrogens is 3. The minimum absolute atomic E-state index is 0.0715. The molecule has 3 rings (SSSR count). The number of amides is 1. The molecule has 0 bridgehead atoms. The number of nitrogens with one attached hydrogen (secondary N) is 3. The summed E-state index contributed by atoms with van der Waals surface area (Å²) in [5, 5.41) is 6.02. The highest BCUT2D eigenvalue weighted by Crippen LogP contribution is 2.15. The summed E-state index contributed by atoms with van der Waals surface area (Å²) in [6.07, 6.45) is 3.87. The van der Waals surface area contributed by atoms with Gasteiger partial charge in [-0.25, -0.2) is 9.97 Å². The number of carbonyl (C=O) groups excluding carboxylic acids is 1. The van der Waals surface area contributed by atoms with Crippen molar-refractivity contribution in [2.75, 3.05) is 5.32 Å². The molecule has 0 aliphatic carbocycles. The third-order valence-electron chi connectivity index (χ3n) is 3.04. The molecule has 1 aliphatic heterocycles. The molecule has 0 radical (unpaired) electrons. The van der Waals surface area contributed by atoms with Gasteiger partial charge < -0.3 is 10.3 Å². The van der Waals surface area contributed by atoms with E-state index in [1.807, 2.05) is 0 Å². The van der Waals surface area contributed by atoms with Crippen molar-refractivity contribution in [1.82, 2.24) is 20.3 Å². The number of fused-ring (bicyclic) bond motifs is 1. The Morgan fingerprint density at radius 2 is 2.32 bits per heavy atom. The highest BCUT2D eigenvalue weighted by atomic mass is 79.9. The number of pyridine rings is 1. The summed E-state index contributed by atoms with van der Waals surface area (Å²) in [5.74, 6) is -0.0715. The van der Waals surface area contributed by atoms with Crippen LogP contribution < -0.4 is 10.6 Å². The second kappa shape index (κ2) is 5.10. The monoisotopic (exact) mass is 321 g/mol. The summed E-state index contributed by atoms with van der Waals surface area (Å²) >= 11 is 3.25. The maximum atomic E-state index is 12.1. The van der Waals surface area contributed by atoms with Crippen LogP contribution in [0.3, 0.4) is 0 Å². The van der Waals surface area contributed by atoms with E-state index in [1.165, 1.54) is 0 Å². The molecule has 0 saturated carbocycles. The second-order valence-electron chi connectivity index (χ2n) is 4.32. The molecule has 0 saturated heterocycles. The molecule has 6 nitrogen and oxygen atoms in total. The Hall–Kier alpha value is -1.73. The number of anilines is 1. The van der Waals surface area contributed by atoms with Gasteiger partial charge in [0.25, 0.3) is 0 Å². The highest BCUT2D eigenvalue weighted by Gasteiger charge is 2.25. The minimum atomic E-state index is -0.264. The molecule has 1 aliphatic rings. The molecule has 1 amide bonds. The van der Waals surface area contributed by atoms with Gasteiger partial charge in [0, 0.05) is 13.0 Å². The van der Waals surface area contributed by atoms with Crippen molar-refractivity contribution < 1.29 is 4.79 Å². The predicted molar refractivity (Wildman–Crippen MR) is 73.5 cm³/mol. The zero-order valence-electron chi connectivity index (χ0n) is 9.98. The average Bonchev–Trinajstić information content (AvgIpc) is 2.88. The van der Waals surface area contributed by atoms with Gasteiger partial charge in [0.05, 0.1) is 35.6 Å². The smallest absolute Gasteiger partial charge is 0.241 e. The maximum Gasteiger partial charge on any atom is 0.241 e. The number of H-pyrrole nitrogens is 1. The topological polar surface area (TPSA) is 82.7 Å². The lowest BCUT2D eigenvalue weighted by molar-refractivity contribution is -0.118. The van der Waals surface area contributed by atoms with E-state index in [1.54, 1.807) is 24.7 Å². The fourth-order valence-electron chi connectivity index (χ4n) is 2.03. The Balaban J connectivity index is 1.67. The third-order valence-corrected chi connectivity index (χ3v) is 3.51. The van der Waals surface area contributed by atoms with E-state index in [2.05, 4.69) is 41.5 Å². The Labute approximate surface area is 118 Å². The van der Waals surface area contributed by atoms with Gasteiger partial charge in [-0.05, 0) is 28.1 Å². The molecule has 3 heterocycles. The number of aromatic amines is 1. The van der Waals surface area contributed by atoms with E-state index in [4.69, 9.17) is 0 Å². The molecular weight excluding hydrogens is 310 g/mol. The fourth-order valence-corrected chi connectivity index (χ4v) is 2.27. The summed E-state index contributed by atoms with van der Waals surface area (Å²) in [6.45, 7) is 0.631. The van der Waals surface area contributed by atoms with Crippen LogP contribution >= 0.6 is 15.9 Å². The third kappa shape index (κ3) is 2.66. The first-order valence-corrected chi connectivity index (χ1v) is 6.68. The van der Waals surface area contributed by atoms with E-state index in [0.29, 0.717) is 18.7 Å². The molecule has 98 valence electrons. The fraction of sp³-hybridized carbons (Fsp3) is 0.250. The van der Waals surface area contributed by atoms with Crippen molar-refractivity contribution in [3.63, 3.8) is 0 Å². The molecule has 0 aromatic carbocycles. The van der Waals surface area contributed by atoms with E-state index < -0.39 is 0 Å². The molecule has 2 aromatic rings. The Bertz CT molecular complexity index is 594. The molecule has 2 aromatic heterocycles. The number of halogens is 1. The summed E-state index contributed by atoms with van der Waals surface area (Å²) < 4.78 is 0.738.